The number of thiazole rings is 1. The second-order valence-electron chi connectivity index (χ2n) is 4.62. The van der Waals surface area contributed by atoms with Crippen LogP contribution in [0.5, 0.6) is 0 Å². The highest BCUT2D eigenvalue weighted by molar-refractivity contribution is 7.09. The number of carbonyl (C=O) groups is 2. The zero-order chi connectivity index (χ0) is 13.1. The summed E-state index contributed by atoms with van der Waals surface area (Å²) in [4.78, 5) is 29.2. The monoisotopic (exact) mass is 267 g/mol. The number of nitrogens with zero attached hydrogens (tertiary/aromatic N) is 2. The Bertz CT molecular complexity index is 458. The van der Waals surface area contributed by atoms with E-state index in [1.807, 2.05) is 12.3 Å². The van der Waals surface area contributed by atoms with Crippen LogP contribution < -0.4 is 5.73 Å². The number of piperidine rings is 1. The summed E-state index contributed by atoms with van der Waals surface area (Å²) in [5, 5.41) is 2.87. The summed E-state index contributed by atoms with van der Waals surface area (Å²) < 4.78 is 0. The summed E-state index contributed by atoms with van der Waals surface area (Å²) in [6.45, 7) is 3.09. The summed E-state index contributed by atoms with van der Waals surface area (Å²) >= 11 is 1.54. The van der Waals surface area contributed by atoms with Gasteiger partial charge < -0.3 is 10.6 Å². The second-order valence-corrected chi connectivity index (χ2v) is 5.68. The van der Waals surface area contributed by atoms with E-state index in [0.717, 1.165) is 23.5 Å². The molecular formula is C12H17N3O2S. The normalized spacial score (nSPS) is 19.8. The van der Waals surface area contributed by atoms with E-state index >= 15 is 0 Å². The first kappa shape index (κ1) is 13.0. The molecule has 18 heavy (non-hydrogen) atoms. The van der Waals surface area contributed by atoms with Gasteiger partial charge in [0.05, 0.1) is 23.0 Å². The summed E-state index contributed by atoms with van der Waals surface area (Å²) in [5.74, 6) is -0.469. The average molecular weight is 267 g/mol. The van der Waals surface area contributed by atoms with Gasteiger partial charge in [0.1, 0.15) is 0 Å². The largest absolute Gasteiger partial charge is 0.369 e. The maximum atomic E-state index is 12.1. The minimum Gasteiger partial charge on any atom is -0.369 e. The molecule has 2 rings (SSSR count). The van der Waals surface area contributed by atoms with Gasteiger partial charge in [-0.3, -0.25) is 9.59 Å². The summed E-state index contributed by atoms with van der Waals surface area (Å²) in [5.41, 5.74) is 6.11. The maximum Gasteiger partial charge on any atom is 0.228 e. The molecule has 0 bridgehead atoms. The average Bonchev–Trinajstić information content (AvgIpc) is 2.75. The molecular weight excluding hydrogens is 250 g/mol. The van der Waals surface area contributed by atoms with E-state index in [0.29, 0.717) is 19.5 Å². The van der Waals surface area contributed by atoms with E-state index in [1.54, 1.807) is 16.2 Å². The number of nitrogens with two attached hydrogens (primary N) is 1. The fraction of sp³-hybridized carbons (Fsp3) is 0.583. The molecule has 2 heterocycles. The van der Waals surface area contributed by atoms with Crippen LogP contribution in [0.4, 0.5) is 0 Å². The Hall–Kier alpha value is -1.43. The quantitative estimate of drug-likeness (QED) is 0.876. The molecule has 1 fully saturated rings. The van der Waals surface area contributed by atoms with Crippen LogP contribution in [0.25, 0.3) is 0 Å². The minimum absolute atomic E-state index is 0.0336. The third-order valence-electron chi connectivity index (χ3n) is 3.18. The highest BCUT2D eigenvalue weighted by Gasteiger charge is 2.27. The molecule has 6 heteroatoms. The van der Waals surface area contributed by atoms with Crippen molar-refractivity contribution in [2.24, 2.45) is 11.7 Å². The molecule has 5 nitrogen and oxygen atoms in total. The second kappa shape index (κ2) is 5.48. The first-order valence-corrected chi connectivity index (χ1v) is 6.92. The van der Waals surface area contributed by atoms with Gasteiger partial charge in [-0.1, -0.05) is 0 Å². The molecule has 2 amide bonds. The molecule has 1 aliphatic rings. The molecule has 0 saturated carbocycles. The Morgan fingerprint density at radius 2 is 2.39 bits per heavy atom. The van der Waals surface area contributed by atoms with Crippen LogP contribution in [0.2, 0.25) is 0 Å². The Morgan fingerprint density at radius 1 is 1.61 bits per heavy atom. The van der Waals surface area contributed by atoms with Gasteiger partial charge in [0, 0.05) is 18.5 Å². The molecule has 98 valence electrons. The van der Waals surface area contributed by atoms with Crippen molar-refractivity contribution < 1.29 is 9.59 Å². The molecule has 2 N–H and O–H groups in total. The van der Waals surface area contributed by atoms with E-state index < -0.39 is 0 Å². The number of amides is 2. The number of primary amides is 1. The number of carbonyl (C=O) groups excluding carboxylic acids is 2. The predicted octanol–water partition coefficient (Wildman–Crippen LogP) is 0.718. The lowest BCUT2D eigenvalue weighted by molar-refractivity contribution is -0.134. The topological polar surface area (TPSA) is 76.3 Å². The van der Waals surface area contributed by atoms with Gasteiger partial charge in [-0.25, -0.2) is 4.98 Å². The van der Waals surface area contributed by atoms with E-state index in [9.17, 15) is 9.59 Å². The molecule has 1 aliphatic heterocycles. The van der Waals surface area contributed by atoms with E-state index in [2.05, 4.69) is 4.98 Å². The van der Waals surface area contributed by atoms with Crippen molar-refractivity contribution in [1.29, 1.82) is 0 Å². The number of likely N-dealkylation sites (tertiary alicyclic amines) is 1. The van der Waals surface area contributed by atoms with Crippen LogP contribution in [0.3, 0.4) is 0 Å². The van der Waals surface area contributed by atoms with Crippen LogP contribution in [0, 0.1) is 12.8 Å². The highest BCUT2D eigenvalue weighted by atomic mass is 32.1. The number of hydrogen-bond donors (Lipinski definition) is 1. The molecule has 0 aromatic carbocycles. The first-order valence-electron chi connectivity index (χ1n) is 6.04. The van der Waals surface area contributed by atoms with Crippen molar-refractivity contribution in [3.05, 3.63) is 16.1 Å². The predicted molar refractivity (Wildman–Crippen MR) is 69.1 cm³/mol. The van der Waals surface area contributed by atoms with Crippen molar-refractivity contribution in [3.63, 3.8) is 0 Å². The Labute approximate surface area is 110 Å². The zero-order valence-corrected chi connectivity index (χ0v) is 11.2. The van der Waals surface area contributed by atoms with Crippen molar-refractivity contribution in [3.8, 4) is 0 Å². The van der Waals surface area contributed by atoms with Gasteiger partial charge in [-0.15, -0.1) is 11.3 Å². The first-order chi connectivity index (χ1) is 8.56. The van der Waals surface area contributed by atoms with Gasteiger partial charge in [-0.2, -0.15) is 0 Å². The van der Waals surface area contributed by atoms with Gasteiger partial charge >= 0.3 is 0 Å². The Balaban J connectivity index is 1.94. The fourth-order valence-electron chi connectivity index (χ4n) is 2.19. The molecule has 0 aliphatic carbocycles. The molecule has 1 unspecified atom stereocenters. The molecule has 1 saturated heterocycles. The van der Waals surface area contributed by atoms with Gasteiger partial charge in [-0.05, 0) is 19.8 Å². The molecule has 0 spiro atoms. The lowest BCUT2D eigenvalue weighted by Crippen LogP contribution is -2.44. The number of aryl methyl sites for hydroxylation is 1. The molecule has 1 aromatic rings. The van der Waals surface area contributed by atoms with E-state index in [1.165, 1.54) is 0 Å². The van der Waals surface area contributed by atoms with Gasteiger partial charge in [0.2, 0.25) is 11.8 Å². The van der Waals surface area contributed by atoms with Gasteiger partial charge in [0.15, 0.2) is 0 Å². The van der Waals surface area contributed by atoms with Crippen LogP contribution in [0.1, 0.15) is 23.5 Å². The molecule has 0 radical (unpaired) electrons. The lowest BCUT2D eigenvalue weighted by Gasteiger charge is -2.31. The maximum absolute atomic E-state index is 12.1. The smallest absolute Gasteiger partial charge is 0.228 e. The third kappa shape index (κ3) is 3.07. The van der Waals surface area contributed by atoms with Crippen LogP contribution in [-0.4, -0.2) is 34.8 Å². The SMILES string of the molecule is Cc1nc(CC(=O)N2CCCC(C(N)=O)C2)cs1. The summed E-state index contributed by atoms with van der Waals surface area (Å²) in [7, 11) is 0. The number of aromatic nitrogens is 1. The minimum atomic E-state index is -0.308. The fourth-order valence-corrected chi connectivity index (χ4v) is 2.80. The van der Waals surface area contributed by atoms with Crippen molar-refractivity contribution in [2.45, 2.75) is 26.2 Å². The van der Waals surface area contributed by atoms with Crippen LogP contribution in [0.15, 0.2) is 5.38 Å². The Kier molecular flexibility index (Phi) is 3.96. The molecule has 1 atom stereocenters. The van der Waals surface area contributed by atoms with Crippen molar-refractivity contribution >= 4 is 23.2 Å². The lowest BCUT2D eigenvalue weighted by atomic mass is 9.97. The van der Waals surface area contributed by atoms with E-state index in [4.69, 9.17) is 5.73 Å². The zero-order valence-electron chi connectivity index (χ0n) is 10.4. The number of rotatable bonds is 3. The standard InChI is InChI=1S/C12H17N3O2S/c1-8-14-10(7-18-8)5-11(16)15-4-2-3-9(6-15)12(13)17/h7,9H,2-6H2,1H3,(H2,13,17). The Morgan fingerprint density at radius 3 is 3.00 bits per heavy atom. The van der Waals surface area contributed by atoms with Gasteiger partial charge in [0.25, 0.3) is 0 Å². The van der Waals surface area contributed by atoms with Crippen LogP contribution in [-0.2, 0) is 16.0 Å². The van der Waals surface area contributed by atoms with Crippen molar-refractivity contribution in [2.75, 3.05) is 13.1 Å². The highest BCUT2D eigenvalue weighted by Crippen LogP contribution is 2.17. The van der Waals surface area contributed by atoms with Crippen molar-refractivity contribution in [1.82, 2.24) is 9.88 Å². The molecule has 1 aromatic heterocycles. The third-order valence-corrected chi connectivity index (χ3v) is 4.00. The summed E-state index contributed by atoms with van der Waals surface area (Å²) in [6.07, 6.45) is 1.94. The van der Waals surface area contributed by atoms with E-state index in [-0.39, 0.29) is 17.7 Å². The van der Waals surface area contributed by atoms with Crippen LogP contribution >= 0.6 is 11.3 Å². The summed E-state index contributed by atoms with van der Waals surface area (Å²) in [6, 6.07) is 0. The number of hydrogen-bond acceptors (Lipinski definition) is 4.